The molecule has 18 heavy (non-hydrogen) atoms. The summed E-state index contributed by atoms with van der Waals surface area (Å²) >= 11 is 1.56. The minimum Gasteiger partial charge on any atom is -0.322 e. The van der Waals surface area contributed by atoms with Gasteiger partial charge in [0.1, 0.15) is 0 Å². The van der Waals surface area contributed by atoms with Crippen LogP contribution in [-0.2, 0) is 6.42 Å². The number of piperidine rings is 1. The van der Waals surface area contributed by atoms with Gasteiger partial charge >= 0.3 is 6.03 Å². The first kappa shape index (κ1) is 13.3. The number of amides is 2. The van der Waals surface area contributed by atoms with Crippen LogP contribution in [-0.4, -0.2) is 28.5 Å². The van der Waals surface area contributed by atoms with Crippen molar-refractivity contribution in [2.24, 2.45) is 5.92 Å². The number of nitrogens with one attached hydrogen (secondary N) is 1. The third kappa shape index (κ3) is 3.02. The van der Waals surface area contributed by atoms with Crippen molar-refractivity contribution in [2.75, 3.05) is 11.9 Å². The number of aromatic nitrogens is 1. The number of nitrogens with zero attached hydrogens (tertiary/aromatic N) is 2. The van der Waals surface area contributed by atoms with Gasteiger partial charge in [-0.15, -0.1) is 11.3 Å². The highest BCUT2D eigenvalue weighted by atomic mass is 32.1. The van der Waals surface area contributed by atoms with Crippen LogP contribution in [0.4, 0.5) is 9.93 Å². The zero-order valence-corrected chi connectivity index (χ0v) is 12.1. The first-order chi connectivity index (χ1) is 8.60. The fourth-order valence-corrected chi connectivity index (χ4v) is 3.01. The first-order valence-electron chi connectivity index (χ1n) is 6.62. The minimum absolute atomic E-state index is 0.00828. The first-order valence-corrected chi connectivity index (χ1v) is 7.44. The summed E-state index contributed by atoms with van der Waals surface area (Å²) in [6, 6.07) is 0.317. The lowest BCUT2D eigenvalue weighted by atomic mass is 9.95. The van der Waals surface area contributed by atoms with Gasteiger partial charge < -0.3 is 4.90 Å². The fourth-order valence-electron chi connectivity index (χ4n) is 2.26. The predicted octanol–water partition coefficient (Wildman–Crippen LogP) is 3.36. The lowest BCUT2D eigenvalue weighted by Gasteiger charge is -2.36. The van der Waals surface area contributed by atoms with Gasteiger partial charge in [0.2, 0.25) is 0 Å². The van der Waals surface area contributed by atoms with Crippen LogP contribution in [0.5, 0.6) is 0 Å². The Labute approximate surface area is 112 Å². The molecule has 1 aliphatic rings. The van der Waals surface area contributed by atoms with Crippen molar-refractivity contribution in [2.45, 2.75) is 46.1 Å². The number of hydrogen-bond acceptors (Lipinski definition) is 3. The van der Waals surface area contributed by atoms with Crippen LogP contribution in [0.3, 0.4) is 0 Å². The zero-order valence-electron chi connectivity index (χ0n) is 11.3. The summed E-state index contributed by atoms with van der Waals surface area (Å²) in [4.78, 5) is 19.6. The summed E-state index contributed by atoms with van der Waals surface area (Å²) in [6.45, 7) is 7.25. The maximum Gasteiger partial charge on any atom is 0.323 e. The highest BCUT2D eigenvalue weighted by Crippen LogP contribution is 2.23. The molecule has 2 rings (SSSR count). The van der Waals surface area contributed by atoms with Gasteiger partial charge in [0.15, 0.2) is 5.13 Å². The van der Waals surface area contributed by atoms with Gasteiger partial charge in [-0.3, -0.25) is 5.32 Å². The summed E-state index contributed by atoms with van der Waals surface area (Å²) < 4.78 is 0. The quantitative estimate of drug-likeness (QED) is 0.893. The molecular formula is C13H21N3OS. The molecule has 0 aromatic carbocycles. The van der Waals surface area contributed by atoms with Crippen molar-refractivity contribution < 1.29 is 4.79 Å². The average Bonchev–Trinajstić information content (AvgIpc) is 2.80. The summed E-state index contributed by atoms with van der Waals surface area (Å²) in [5.41, 5.74) is 0. The van der Waals surface area contributed by atoms with Crippen LogP contribution in [0.2, 0.25) is 0 Å². The number of carbonyl (C=O) groups excluding carboxylic acids is 1. The molecule has 1 N–H and O–H groups in total. The van der Waals surface area contributed by atoms with Crippen LogP contribution in [0.25, 0.3) is 0 Å². The number of urea groups is 1. The molecule has 1 aliphatic heterocycles. The monoisotopic (exact) mass is 267 g/mol. The number of hydrogen-bond donors (Lipinski definition) is 1. The normalized spacial score (nSPS) is 24.1. The van der Waals surface area contributed by atoms with Gasteiger partial charge in [-0.1, -0.05) is 13.8 Å². The summed E-state index contributed by atoms with van der Waals surface area (Å²) in [7, 11) is 0. The Morgan fingerprint density at radius 3 is 3.00 bits per heavy atom. The van der Waals surface area contributed by atoms with E-state index >= 15 is 0 Å². The molecular weight excluding hydrogens is 246 g/mol. The third-order valence-electron chi connectivity index (χ3n) is 3.49. The molecule has 0 unspecified atom stereocenters. The summed E-state index contributed by atoms with van der Waals surface area (Å²) in [5, 5.41) is 3.62. The van der Waals surface area contributed by atoms with E-state index in [1.165, 1.54) is 11.3 Å². The SMILES string of the molecule is CCc1cnc(NC(=O)N2C[C@@H](C)CC[C@@H]2C)s1. The smallest absolute Gasteiger partial charge is 0.322 e. The number of carbonyl (C=O) groups is 1. The van der Waals surface area contributed by atoms with Crippen LogP contribution >= 0.6 is 11.3 Å². The van der Waals surface area contributed by atoms with E-state index in [2.05, 4.69) is 31.1 Å². The molecule has 2 amide bonds. The predicted molar refractivity (Wildman–Crippen MR) is 75.1 cm³/mol. The van der Waals surface area contributed by atoms with Gasteiger partial charge in [-0.25, -0.2) is 9.78 Å². The number of aryl methyl sites for hydroxylation is 1. The average molecular weight is 267 g/mol. The van der Waals surface area contributed by atoms with Crippen molar-refractivity contribution in [1.82, 2.24) is 9.88 Å². The van der Waals surface area contributed by atoms with E-state index in [1.807, 2.05) is 11.1 Å². The molecule has 0 bridgehead atoms. The Hall–Kier alpha value is -1.10. The van der Waals surface area contributed by atoms with E-state index < -0.39 is 0 Å². The molecule has 1 aromatic rings. The van der Waals surface area contributed by atoms with Gasteiger partial charge in [0.25, 0.3) is 0 Å². The number of likely N-dealkylation sites (tertiary alicyclic amines) is 1. The molecule has 0 radical (unpaired) electrons. The molecule has 0 saturated carbocycles. The van der Waals surface area contributed by atoms with Crippen LogP contribution in [0.15, 0.2) is 6.20 Å². The van der Waals surface area contributed by atoms with E-state index in [9.17, 15) is 4.79 Å². The maximum atomic E-state index is 12.2. The molecule has 4 nitrogen and oxygen atoms in total. The fraction of sp³-hybridized carbons (Fsp3) is 0.692. The third-order valence-corrected chi connectivity index (χ3v) is 4.55. The summed E-state index contributed by atoms with van der Waals surface area (Å²) in [5.74, 6) is 0.592. The van der Waals surface area contributed by atoms with Gasteiger partial charge in [0, 0.05) is 23.7 Å². The van der Waals surface area contributed by atoms with Crippen molar-refractivity contribution in [3.8, 4) is 0 Å². The molecule has 5 heteroatoms. The Balaban J connectivity index is 1.98. The number of rotatable bonds is 2. The molecule has 1 saturated heterocycles. The van der Waals surface area contributed by atoms with Crippen molar-refractivity contribution >= 4 is 22.5 Å². The molecule has 1 aromatic heterocycles. The van der Waals surface area contributed by atoms with Crippen molar-refractivity contribution in [3.05, 3.63) is 11.1 Å². The highest BCUT2D eigenvalue weighted by molar-refractivity contribution is 7.15. The molecule has 2 atom stereocenters. The maximum absolute atomic E-state index is 12.2. The lowest BCUT2D eigenvalue weighted by Crippen LogP contribution is -2.46. The standard InChI is InChI=1S/C13H21N3OS/c1-4-11-7-14-12(18-11)15-13(17)16-8-9(2)5-6-10(16)3/h7,9-10H,4-6,8H2,1-3H3,(H,14,15,17)/t9-,10-/m0/s1. The molecule has 0 aliphatic carbocycles. The van der Waals surface area contributed by atoms with E-state index in [4.69, 9.17) is 0 Å². The zero-order chi connectivity index (χ0) is 13.1. The Bertz CT molecular complexity index is 418. The van der Waals surface area contributed by atoms with E-state index in [-0.39, 0.29) is 6.03 Å². The second-order valence-electron chi connectivity index (χ2n) is 5.10. The Morgan fingerprint density at radius 2 is 2.33 bits per heavy atom. The highest BCUT2D eigenvalue weighted by Gasteiger charge is 2.27. The topological polar surface area (TPSA) is 45.2 Å². The Morgan fingerprint density at radius 1 is 1.56 bits per heavy atom. The molecule has 1 fully saturated rings. The van der Waals surface area contributed by atoms with E-state index in [1.54, 1.807) is 11.3 Å². The minimum atomic E-state index is -0.00828. The lowest BCUT2D eigenvalue weighted by molar-refractivity contribution is 0.147. The molecule has 100 valence electrons. The Kier molecular flexibility index (Phi) is 4.22. The van der Waals surface area contributed by atoms with E-state index in [0.29, 0.717) is 17.1 Å². The van der Waals surface area contributed by atoms with Crippen LogP contribution in [0, 0.1) is 5.92 Å². The molecule has 0 spiro atoms. The van der Waals surface area contributed by atoms with Gasteiger partial charge in [-0.2, -0.15) is 0 Å². The van der Waals surface area contributed by atoms with Gasteiger partial charge in [0.05, 0.1) is 0 Å². The molecule has 2 heterocycles. The van der Waals surface area contributed by atoms with Gasteiger partial charge in [-0.05, 0) is 32.1 Å². The van der Waals surface area contributed by atoms with Crippen LogP contribution in [0.1, 0.15) is 38.5 Å². The largest absolute Gasteiger partial charge is 0.323 e. The van der Waals surface area contributed by atoms with Crippen LogP contribution < -0.4 is 5.32 Å². The second kappa shape index (κ2) is 5.69. The summed E-state index contributed by atoms with van der Waals surface area (Å²) in [6.07, 6.45) is 5.10. The number of thiazole rings is 1. The second-order valence-corrected chi connectivity index (χ2v) is 6.21. The van der Waals surface area contributed by atoms with E-state index in [0.717, 1.165) is 19.4 Å². The van der Waals surface area contributed by atoms with Crippen molar-refractivity contribution in [1.29, 1.82) is 0 Å². The number of anilines is 1. The van der Waals surface area contributed by atoms with Crippen molar-refractivity contribution in [3.63, 3.8) is 0 Å².